The van der Waals surface area contributed by atoms with Gasteiger partial charge in [0.2, 0.25) is 0 Å². The summed E-state index contributed by atoms with van der Waals surface area (Å²) in [6.45, 7) is 2.19. The van der Waals surface area contributed by atoms with E-state index in [1.54, 1.807) is 0 Å². The van der Waals surface area contributed by atoms with E-state index in [4.69, 9.17) is 22.9 Å². The number of nitrogens with two attached hydrogens (primary N) is 1. The first-order chi connectivity index (χ1) is 9.20. The van der Waals surface area contributed by atoms with Crippen LogP contribution in [0.4, 0.5) is 0 Å². The maximum absolute atomic E-state index is 5.84. The molecule has 0 radical (unpaired) electrons. The van der Waals surface area contributed by atoms with Crippen molar-refractivity contribution in [2.75, 3.05) is 0 Å². The Hall–Kier alpha value is -1.48. The molecule has 2 nitrogen and oxygen atoms in total. The summed E-state index contributed by atoms with van der Waals surface area (Å²) in [5.41, 5.74) is 7.96. The SMILES string of the molecule is CCCCC(Cc1ccc2ccccc2n1)C(N)=S. The lowest BCUT2D eigenvalue weighted by molar-refractivity contribution is 0.577. The molecule has 0 fully saturated rings. The Morgan fingerprint density at radius 1 is 1.26 bits per heavy atom. The summed E-state index contributed by atoms with van der Waals surface area (Å²) in [5.74, 6) is 0.267. The number of fused-ring (bicyclic) bond motifs is 1. The van der Waals surface area contributed by atoms with Crippen LogP contribution < -0.4 is 5.73 Å². The Balaban J connectivity index is 2.16. The van der Waals surface area contributed by atoms with Gasteiger partial charge in [0, 0.05) is 17.0 Å². The summed E-state index contributed by atoms with van der Waals surface area (Å²) in [7, 11) is 0. The second kappa shape index (κ2) is 6.62. The fraction of sp³-hybridized carbons (Fsp3) is 0.375. The molecule has 0 aliphatic rings. The number of nitrogens with zero attached hydrogens (tertiary/aromatic N) is 1. The van der Waals surface area contributed by atoms with Gasteiger partial charge in [-0.15, -0.1) is 0 Å². The van der Waals surface area contributed by atoms with Crippen molar-refractivity contribution in [2.24, 2.45) is 11.7 Å². The summed E-state index contributed by atoms with van der Waals surface area (Å²) >= 11 is 5.18. The first-order valence-electron chi connectivity index (χ1n) is 6.84. The van der Waals surface area contributed by atoms with Gasteiger partial charge in [-0.2, -0.15) is 0 Å². The zero-order valence-electron chi connectivity index (χ0n) is 11.3. The van der Waals surface area contributed by atoms with Gasteiger partial charge in [-0.3, -0.25) is 4.98 Å². The van der Waals surface area contributed by atoms with Crippen LogP contribution in [0, 0.1) is 5.92 Å². The highest BCUT2D eigenvalue weighted by atomic mass is 32.1. The van der Waals surface area contributed by atoms with Crippen molar-refractivity contribution in [3.63, 3.8) is 0 Å². The minimum Gasteiger partial charge on any atom is -0.393 e. The lowest BCUT2D eigenvalue weighted by Crippen LogP contribution is -2.23. The Bertz CT molecular complexity index is 565. The third kappa shape index (κ3) is 3.74. The second-order valence-electron chi connectivity index (χ2n) is 4.94. The number of para-hydroxylation sites is 1. The highest BCUT2D eigenvalue weighted by Crippen LogP contribution is 2.17. The molecule has 1 heterocycles. The summed E-state index contributed by atoms with van der Waals surface area (Å²) in [6.07, 6.45) is 4.24. The first kappa shape index (κ1) is 13.9. The molecule has 0 aliphatic heterocycles. The van der Waals surface area contributed by atoms with Crippen molar-refractivity contribution in [3.8, 4) is 0 Å². The number of thiocarbonyl (C=S) groups is 1. The molecule has 3 heteroatoms. The van der Waals surface area contributed by atoms with Crippen molar-refractivity contribution >= 4 is 28.1 Å². The third-order valence-corrected chi connectivity index (χ3v) is 3.75. The number of hydrogen-bond acceptors (Lipinski definition) is 2. The van der Waals surface area contributed by atoms with E-state index in [0.717, 1.165) is 30.5 Å². The molecular weight excluding hydrogens is 252 g/mol. The van der Waals surface area contributed by atoms with E-state index in [9.17, 15) is 0 Å². The number of benzene rings is 1. The predicted molar refractivity (Wildman–Crippen MR) is 85.2 cm³/mol. The van der Waals surface area contributed by atoms with Gasteiger partial charge in [0.15, 0.2) is 0 Å². The van der Waals surface area contributed by atoms with Gasteiger partial charge in [0.1, 0.15) is 0 Å². The van der Waals surface area contributed by atoms with Gasteiger partial charge in [-0.25, -0.2) is 0 Å². The summed E-state index contributed by atoms with van der Waals surface area (Å²) in [4.78, 5) is 5.30. The van der Waals surface area contributed by atoms with Crippen LogP contribution >= 0.6 is 12.2 Å². The molecule has 0 saturated carbocycles. The standard InChI is InChI=1S/C16H20N2S/c1-2-3-6-13(16(17)19)11-14-10-9-12-7-4-5-8-15(12)18-14/h4-5,7-10,13H,2-3,6,11H2,1H3,(H2,17,19). The zero-order chi connectivity index (χ0) is 13.7. The van der Waals surface area contributed by atoms with Crippen LogP contribution in [-0.4, -0.2) is 9.97 Å². The Kier molecular flexibility index (Phi) is 4.86. The maximum atomic E-state index is 5.84. The van der Waals surface area contributed by atoms with Gasteiger partial charge in [0.25, 0.3) is 0 Å². The molecule has 100 valence electrons. The molecule has 0 bridgehead atoms. The summed E-state index contributed by atoms with van der Waals surface area (Å²) < 4.78 is 0. The van der Waals surface area contributed by atoms with Crippen LogP contribution in [0.3, 0.4) is 0 Å². The van der Waals surface area contributed by atoms with Gasteiger partial charge in [-0.05, 0) is 25.0 Å². The molecular formula is C16H20N2S. The average molecular weight is 272 g/mol. The maximum Gasteiger partial charge on any atom is 0.0762 e. The van der Waals surface area contributed by atoms with E-state index < -0.39 is 0 Å². The van der Waals surface area contributed by atoms with Crippen LogP contribution in [0.2, 0.25) is 0 Å². The Morgan fingerprint density at radius 3 is 2.79 bits per heavy atom. The van der Waals surface area contributed by atoms with Crippen molar-refractivity contribution in [2.45, 2.75) is 32.6 Å². The van der Waals surface area contributed by atoms with E-state index in [1.165, 1.54) is 11.8 Å². The van der Waals surface area contributed by atoms with Crippen LogP contribution in [0.5, 0.6) is 0 Å². The fourth-order valence-electron chi connectivity index (χ4n) is 2.27. The van der Waals surface area contributed by atoms with Gasteiger partial charge in [0.05, 0.1) is 10.5 Å². The van der Waals surface area contributed by atoms with Gasteiger partial charge >= 0.3 is 0 Å². The van der Waals surface area contributed by atoms with E-state index in [0.29, 0.717) is 4.99 Å². The molecule has 1 atom stereocenters. The Labute approximate surface area is 120 Å². The second-order valence-corrected chi connectivity index (χ2v) is 5.41. The van der Waals surface area contributed by atoms with E-state index in [-0.39, 0.29) is 5.92 Å². The first-order valence-corrected chi connectivity index (χ1v) is 7.25. The largest absolute Gasteiger partial charge is 0.393 e. The zero-order valence-corrected chi connectivity index (χ0v) is 12.1. The number of hydrogen-bond donors (Lipinski definition) is 1. The minimum absolute atomic E-state index is 0.267. The number of aromatic nitrogens is 1. The molecule has 1 aromatic heterocycles. The van der Waals surface area contributed by atoms with Crippen LogP contribution in [0.25, 0.3) is 10.9 Å². The van der Waals surface area contributed by atoms with Crippen molar-refractivity contribution in [1.82, 2.24) is 4.98 Å². The fourth-order valence-corrected chi connectivity index (χ4v) is 2.47. The van der Waals surface area contributed by atoms with E-state index in [2.05, 4.69) is 25.1 Å². The van der Waals surface area contributed by atoms with Gasteiger partial charge in [-0.1, -0.05) is 56.2 Å². The smallest absolute Gasteiger partial charge is 0.0762 e. The van der Waals surface area contributed by atoms with E-state index >= 15 is 0 Å². The molecule has 2 rings (SSSR count). The molecule has 0 spiro atoms. The highest BCUT2D eigenvalue weighted by Gasteiger charge is 2.13. The molecule has 2 N–H and O–H groups in total. The van der Waals surface area contributed by atoms with E-state index in [1.807, 2.05) is 18.2 Å². The predicted octanol–water partition coefficient (Wildman–Crippen LogP) is 3.87. The average Bonchev–Trinajstić information content (AvgIpc) is 2.43. The lowest BCUT2D eigenvalue weighted by atomic mass is 9.96. The van der Waals surface area contributed by atoms with Gasteiger partial charge < -0.3 is 5.73 Å². The summed E-state index contributed by atoms with van der Waals surface area (Å²) in [5, 5.41) is 1.17. The topological polar surface area (TPSA) is 38.9 Å². The monoisotopic (exact) mass is 272 g/mol. The Morgan fingerprint density at radius 2 is 2.05 bits per heavy atom. The molecule has 0 saturated heterocycles. The minimum atomic E-state index is 0.267. The third-order valence-electron chi connectivity index (χ3n) is 3.42. The molecule has 1 unspecified atom stereocenters. The van der Waals surface area contributed by atoms with Crippen LogP contribution in [0.1, 0.15) is 31.9 Å². The van der Waals surface area contributed by atoms with Crippen LogP contribution in [0.15, 0.2) is 36.4 Å². The molecule has 1 aromatic carbocycles. The molecule has 0 aliphatic carbocycles. The number of pyridine rings is 1. The van der Waals surface area contributed by atoms with Crippen molar-refractivity contribution in [1.29, 1.82) is 0 Å². The van der Waals surface area contributed by atoms with Crippen molar-refractivity contribution < 1.29 is 0 Å². The quantitative estimate of drug-likeness (QED) is 0.811. The lowest BCUT2D eigenvalue weighted by Gasteiger charge is -2.14. The molecule has 0 amide bonds. The summed E-state index contributed by atoms with van der Waals surface area (Å²) in [6, 6.07) is 12.4. The van der Waals surface area contributed by atoms with Crippen LogP contribution in [-0.2, 0) is 6.42 Å². The number of rotatable bonds is 6. The van der Waals surface area contributed by atoms with Crippen molar-refractivity contribution in [3.05, 3.63) is 42.1 Å². The number of unbranched alkanes of at least 4 members (excludes halogenated alkanes) is 1. The molecule has 19 heavy (non-hydrogen) atoms. The molecule has 2 aromatic rings. The highest BCUT2D eigenvalue weighted by molar-refractivity contribution is 7.80. The normalized spacial score (nSPS) is 12.5.